The van der Waals surface area contributed by atoms with Crippen molar-refractivity contribution >= 4 is 11.8 Å². The van der Waals surface area contributed by atoms with Crippen molar-refractivity contribution < 1.29 is 14.3 Å². The average molecular weight is 356 g/mol. The van der Waals surface area contributed by atoms with Crippen molar-refractivity contribution in [3.8, 4) is 0 Å². The van der Waals surface area contributed by atoms with Gasteiger partial charge in [0.1, 0.15) is 5.54 Å². The number of methoxy groups -OCH3 is 1. The summed E-state index contributed by atoms with van der Waals surface area (Å²) >= 11 is 0. The van der Waals surface area contributed by atoms with Gasteiger partial charge in [0, 0.05) is 31.7 Å². The summed E-state index contributed by atoms with van der Waals surface area (Å²) in [4.78, 5) is 27.5. The van der Waals surface area contributed by atoms with Crippen LogP contribution in [0.15, 0.2) is 30.3 Å². The number of likely N-dealkylation sites (tertiary alicyclic amines) is 1. The van der Waals surface area contributed by atoms with E-state index in [0.29, 0.717) is 18.7 Å². The standard InChI is InChI=1S/C21H28N2O3/c1-26-21(12-13-21)20(22-18(24)16-8-4-2-5-9-16)14-23(15-20)19(25)17-10-6-3-7-11-17/h2,4-5,8-9,17H,3,6-7,10-15H2,1H3,(H,22,24). The Morgan fingerprint density at radius 3 is 2.31 bits per heavy atom. The Morgan fingerprint density at radius 1 is 1.08 bits per heavy atom. The maximum atomic E-state index is 12.8. The summed E-state index contributed by atoms with van der Waals surface area (Å²) in [5.41, 5.74) is -0.129. The number of amides is 2. The molecule has 1 aromatic rings. The minimum Gasteiger partial charge on any atom is -0.376 e. The largest absolute Gasteiger partial charge is 0.376 e. The molecule has 1 aromatic carbocycles. The zero-order valence-corrected chi connectivity index (χ0v) is 15.5. The predicted octanol–water partition coefficient (Wildman–Crippen LogP) is 2.76. The second-order valence-corrected chi connectivity index (χ2v) is 8.13. The minimum absolute atomic E-state index is 0.0845. The Bertz CT molecular complexity index is 672. The molecule has 0 spiro atoms. The molecule has 1 saturated heterocycles. The van der Waals surface area contributed by atoms with Crippen LogP contribution >= 0.6 is 0 Å². The van der Waals surface area contributed by atoms with E-state index in [0.717, 1.165) is 38.5 Å². The van der Waals surface area contributed by atoms with Crippen molar-refractivity contribution in [2.75, 3.05) is 20.2 Å². The Kier molecular flexibility index (Phi) is 4.51. The molecule has 5 heteroatoms. The van der Waals surface area contributed by atoms with E-state index in [-0.39, 0.29) is 23.3 Å². The number of ether oxygens (including phenoxy) is 1. The lowest BCUT2D eigenvalue weighted by Crippen LogP contribution is -2.78. The van der Waals surface area contributed by atoms with E-state index in [4.69, 9.17) is 4.74 Å². The lowest BCUT2D eigenvalue weighted by atomic mass is 9.79. The molecule has 1 heterocycles. The number of carbonyl (C=O) groups is 2. The number of rotatable bonds is 5. The fraction of sp³-hybridized carbons (Fsp3) is 0.619. The Labute approximate surface area is 155 Å². The van der Waals surface area contributed by atoms with Crippen LogP contribution in [0.5, 0.6) is 0 Å². The topological polar surface area (TPSA) is 58.6 Å². The predicted molar refractivity (Wildman–Crippen MR) is 98.8 cm³/mol. The SMILES string of the molecule is COC1(C2(NC(=O)c3ccccc3)CN(C(=O)C3CCCCC3)C2)CC1. The molecule has 2 saturated carbocycles. The fourth-order valence-corrected chi connectivity index (χ4v) is 4.72. The van der Waals surface area contributed by atoms with Crippen molar-refractivity contribution in [1.29, 1.82) is 0 Å². The molecular formula is C21H28N2O3. The normalized spacial score (nSPS) is 23.8. The van der Waals surface area contributed by atoms with Gasteiger partial charge in [0.2, 0.25) is 5.91 Å². The van der Waals surface area contributed by atoms with E-state index in [9.17, 15) is 9.59 Å². The minimum atomic E-state index is -0.459. The first kappa shape index (κ1) is 17.5. The Morgan fingerprint density at radius 2 is 1.73 bits per heavy atom. The zero-order valence-electron chi connectivity index (χ0n) is 15.5. The van der Waals surface area contributed by atoms with Crippen LogP contribution in [0.2, 0.25) is 0 Å². The van der Waals surface area contributed by atoms with Crippen LogP contribution in [0.4, 0.5) is 0 Å². The van der Waals surface area contributed by atoms with Crippen molar-refractivity contribution in [3.63, 3.8) is 0 Å². The van der Waals surface area contributed by atoms with Crippen LogP contribution in [0.25, 0.3) is 0 Å². The van der Waals surface area contributed by atoms with E-state index in [1.807, 2.05) is 35.2 Å². The van der Waals surface area contributed by atoms with Gasteiger partial charge in [-0.2, -0.15) is 0 Å². The molecule has 5 nitrogen and oxygen atoms in total. The lowest BCUT2D eigenvalue weighted by molar-refractivity contribution is -0.153. The van der Waals surface area contributed by atoms with Crippen molar-refractivity contribution in [3.05, 3.63) is 35.9 Å². The van der Waals surface area contributed by atoms with Crippen LogP contribution in [-0.2, 0) is 9.53 Å². The maximum Gasteiger partial charge on any atom is 0.251 e. The van der Waals surface area contributed by atoms with E-state index in [1.165, 1.54) is 6.42 Å². The van der Waals surface area contributed by atoms with E-state index in [1.54, 1.807) is 7.11 Å². The third-order valence-electron chi connectivity index (χ3n) is 6.54. The highest BCUT2D eigenvalue weighted by Gasteiger charge is 2.66. The number of carbonyl (C=O) groups excluding carboxylic acids is 2. The highest BCUT2D eigenvalue weighted by atomic mass is 16.5. The highest BCUT2D eigenvalue weighted by Crippen LogP contribution is 2.52. The molecule has 3 fully saturated rings. The maximum absolute atomic E-state index is 12.8. The van der Waals surface area contributed by atoms with Gasteiger partial charge in [-0.15, -0.1) is 0 Å². The van der Waals surface area contributed by atoms with Crippen LogP contribution in [0, 0.1) is 5.92 Å². The first-order chi connectivity index (χ1) is 12.6. The smallest absolute Gasteiger partial charge is 0.251 e. The molecular weight excluding hydrogens is 328 g/mol. The van der Waals surface area contributed by atoms with Crippen LogP contribution in [0.1, 0.15) is 55.3 Å². The third kappa shape index (κ3) is 2.92. The van der Waals surface area contributed by atoms with Crippen molar-refractivity contribution in [2.45, 2.75) is 56.1 Å². The summed E-state index contributed by atoms with van der Waals surface area (Å²) in [7, 11) is 1.72. The number of nitrogens with zero attached hydrogens (tertiary/aromatic N) is 1. The summed E-state index contributed by atoms with van der Waals surface area (Å²) in [6.45, 7) is 1.13. The first-order valence-corrected chi connectivity index (χ1v) is 9.81. The first-order valence-electron chi connectivity index (χ1n) is 9.81. The van der Waals surface area contributed by atoms with Gasteiger partial charge in [-0.25, -0.2) is 0 Å². The van der Waals surface area contributed by atoms with Gasteiger partial charge in [0.25, 0.3) is 5.91 Å². The molecule has 0 radical (unpaired) electrons. The molecule has 1 N–H and O–H groups in total. The number of nitrogens with one attached hydrogen (secondary N) is 1. The second kappa shape index (κ2) is 6.69. The molecule has 2 amide bonds. The average Bonchev–Trinajstić information content (AvgIpc) is 3.46. The summed E-state index contributed by atoms with van der Waals surface area (Å²) in [6.07, 6.45) is 7.44. The Hall–Kier alpha value is -1.88. The van der Waals surface area contributed by atoms with E-state index < -0.39 is 5.54 Å². The van der Waals surface area contributed by atoms with Gasteiger partial charge in [0.15, 0.2) is 0 Å². The molecule has 0 bridgehead atoms. The van der Waals surface area contributed by atoms with Crippen LogP contribution < -0.4 is 5.32 Å². The number of benzene rings is 1. The van der Waals surface area contributed by atoms with Crippen molar-refractivity contribution in [2.24, 2.45) is 5.92 Å². The van der Waals surface area contributed by atoms with Gasteiger partial charge in [-0.3, -0.25) is 9.59 Å². The second-order valence-electron chi connectivity index (χ2n) is 8.13. The molecule has 0 atom stereocenters. The molecule has 0 aromatic heterocycles. The summed E-state index contributed by atoms with van der Waals surface area (Å²) < 4.78 is 5.81. The van der Waals surface area contributed by atoms with Gasteiger partial charge >= 0.3 is 0 Å². The molecule has 3 aliphatic rings. The molecule has 0 unspecified atom stereocenters. The molecule has 2 aliphatic carbocycles. The van der Waals surface area contributed by atoms with Crippen molar-refractivity contribution in [1.82, 2.24) is 10.2 Å². The van der Waals surface area contributed by atoms with Gasteiger partial charge in [0.05, 0.1) is 5.60 Å². The summed E-state index contributed by atoms with van der Waals surface area (Å²) in [5, 5.41) is 3.23. The van der Waals surface area contributed by atoms with Gasteiger partial charge < -0.3 is 15.0 Å². The number of hydrogen-bond acceptors (Lipinski definition) is 3. The van der Waals surface area contributed by atoms with Gasteiger partial charge in [-0.05, 0) is 37.8 Å². The van der Waals surface area contributed by atoms with E-state index >= 15 is 0 Å². The third-order valence-corrected chi connectivity index (χ3v) is 6.54. The quantitative estimate of drug-likeness (QED) is 0.882. The summed E-state index contributed by atoms with van der Waals surface area (Å²) in [6, 6.07) is 9.27. The Balaban J connectivity index is 1.47. The van der Waals surface area contributed by atoms with Gasteiger partial charge in [-0.1, -0.05) is 37.5 Å². The zero-order chi connectivity index (χ0) is 18.2. The molecule has 140 valence electrons. The molecule has 1 aliphatic heterocycles. The number of hydrogen-bond donors (Lipinski definition) is 1. The lowest BCUT2D eigenvalue weighted by Gasteiger charge is -2.55. The monoisotopic (exact) mass is 356 g/mol. The highest BCUT2D eigenvalue weighted by molar-refractivity contribution is 5.95. The molecule has 26 heavy (non-hydrogen) atoms. The summed E-state index contributed by atoms with van der Waals surface area (Å²) in [5.74, 6) is 0.351. The molecule has 4 rings (SSSR count). The van der Waals surface area contributed by atoms with Crippen LogP contribution in [-0.4, -0.2) is 48.1 Å². The van der Waals surface area contributed by atoms with Crippen LogP contribution in [0.3, 0.4) is 0 Å². The van der Waals surface area contributed by atoms with E-state index in [2.05, 4.69) is 5.32 Å². The fourth-order valence-electron chi connectivity index (χ4n) is 4.72.